The smallest absolute Gasteiger partial charge is 0.242 e. The molecule has 2 rings (SSSR count). The Balaban J connectivity index is 1.91. The molecule has 25 heavy (non-hydrogen) atoms. The van der Waals surface area contributed by atoms with Crippen LogP contribution in [0.2, 0.25) is 0 Å². The molecule has 6 nitrogen and oxygen atoms in total. The number of carbonyl (C=O) groups excluding carboxylic acids is 2. The van der Waals surface area contributed by atoms with E-state index in [1.165, 1.54) is 11.8 Å². The van der Waals surface area contributed by atoms with Crippen LogP contribution in [0.5, 0.6) is 5.75 Å². The number of hydrogen-bond donors (Lipinski definition) is 1. The molecule has 1 aliphatic rings. The highest BCUT2D eigenvalue weighted by Gasteiger charge is 2.37. The summed E-state index contributed by atoms with van der Waals surface area (Å²) in [4.78, 5) is 30.6. The van der Waals surface area contributed by atoms with Gasteiger partial charge in [0.1, 0.15) is 11.0 Å². The zero-order chi connectivity index (χ0) is 18.2. The number of rotatable bonds is 8. The van der Waals surface area contributed by atoms with Crippen LogP contribution in [0.3, 0.4) is 0 Å². The predicted octanol–water partition coefficient (Wildman–Crippen LogP) is 3.14. The predicted molar refractivity (Wildman–Crippen MR) is 102 cm³/mol. The summed E-state index contributed by atoms with van der Waals surface area (Å²) >= 11 is 1.37. The second-order valence-electron chi connectivity index (χ2n) is 5.57. The van der Waals surface area contributed by atoms with E-state index in [4.69, 9.17) is 4.74 Å². The SMILES string of the molecule is CCCOc1ccc(NC(=O)C[C@H]2SC(=NCC)N(CC)C2=O)cc1. The summed E-state index contributed by atoms with van der Waals surface area (Å²) in [6, 6.07) is 7.25. The highest BCUT2D eigenvalue weighted by Crippen LogP contribution is 2.29. The van der Waals surface area contributed by atoms with Crippen LogP contribution in [0.15, 0.2) is 29.3 Å². The van der Waals surface area contributed by atoms with Crippen LogP contribution < -0.4 is 10.1 Å². The summed E-state index contributed by atoms with van der Waals surface area (Å²) in [7, 11) is 0. The Kier molecular flexibility index (Phi) is 7.31. The lowest BCUT2D eigenvalue weighted by Gasteiger charge is -2.13. The number of anilines is 1. The van der Waals surface area contributed by atoms with Gasteiger partial charge in [0, 0.05) is 25.2 Å². The molecule has 2 amide bonds. The first kappa shape index (κ1) is 19.3. The van der Waals surface area contributed by atoms with Crippen molar-refractivity contribution >= 4 is 34.4 Å². The van der Waals surface area contributed by atoms with E-state index in [9.17, 15) is 9.59 Å². The summed E-state index contributed by atoms with van der Waals surface area (Å²) in [5.41, 5.74) is 0.694. The number of aliphatic imine (C=N–C) groups is 1. The van der Waals surface area contributed by atoms with Crippen molar-refractivity contribution in [2.24, 2.45) is 4.99 Å². The Bertz CT molecular complexity index is 631. The van der Waals surface area contributed by atoms with Crippen molar-refractivity contribution in [2.75, 3.05) is 25.0 Å². The molecule has 1 aromatic rings. The van der Waals surface area contributed by atoms with E-state index in [-0.39, 0.29) is 18.2 Å². The lowest BCUT2D eigenvalue weighted by Crippen LogP contribution is -2.33. The molecular formula is C18H25N3O3S. The standard InChI is InChI=1S/C18H25N3O3S/c1-4-11-24-14-9-7-13(8-10-14)20-16(22)12-15-17(23)21(6-3)18(25-15)19-5-2/h7-10,15H,4-6,11-12H2,1-3H3,(H,20,22)/t15-/m1/s1. The van der Waals surface area contributed by atoms with Gasteiger partial charge in [0.2, 0.25) is 11.8 Å². The van der Waals surface area contributed by atoms with Crippen LogP contribution in [-0.2, 0) is 9.59 Å². The van der Waals surface area contributed by atoms with Gasteiger partial charge in [0.25, 0.3) is 0 Å². The number of thioether (sulfide) groups is 1. The molecular weight excluding hydrogens is 338 g/mol. The quantitative estimate of drug-likeness (QED) is 0.770. The molecule has 0 bridgehead atoms. The van der Waals surface area contributed by atoms with E-state index in [2.05, 4.69) is 10.3 Å². The van der Waals surface area contributed by atoms with E-state index < -0.39 is 5.25 Å². The van der Waals surface area contributed by atoms with Gasteiger partial charge in [-0.15, -0.1) is 0 Å². The molecule has 1 aliphatic heterocycles. The molecule has 1 N–H and O–H groups in total. The molecule has 0 aromatic heterocycles. The molecule has 0 radical (unpaired) electrons. The highest BCUT2D eigenvalue weighted by atomic mass is 32.2. The fourth-order valence-electron chi connectivity index (χ4n) is 2.42. The molecule has 0 aliphatic carbocycles. The molecule has 136 valence electrons. The molecule has 0 spiro atoms. The molecule has 7 heteroatoms. The minimum atomic E-state index is -0.405. The van der Waals surface area contributed by atoms with E-state index in [0.717, 1.165) is 12.2 Å². The Morgan fingerprint density at radius 2 is 2.00 bits per heavy atom. The molecule has 0 unspecified atom stereocenters. The van der Waals surface area contributed by atoms with Gasteiger partial charge in [-0.1, -0.05) is 18.7 Å². The van der Waals surface area contributed by atoms with Gasteiger partial charge in [0.15, 0.2) is 5.17 Å². The fourth-order valence-corrected chi connectivity index (χ4v) is 3.69. The number of amides is 2. The molecule has 1 atom stereocenters. The van der Waals surface area contributed by atoms with Gasteiger partial charge < -0.3 is 10.1 Å². The lowest BCUT2D eigenvalue weighted by atomic mass is 10.2. The van der Waals surface area contributed by atoms with Crippen molar-refractivity contribution in [1.29, 1.82) is 0 Å². The van der Waals surface area contributed by atoms with Gasteiger partial charge >= 0.3 is 0 Å². The van der Waals surface area contributed by atoms with Crippen molar-refractivity contribution in [3.63, 3.8) is 0 Å². The second kappa shape index (κ2) is 9.46. The lowest BCUT2D eigenvalue weighted by molar-refractivity contribution is -0.128. The fraction of sp³-hybridized carbons (Fsp3) is 0.500. The Morgan fingerprint density at radius 1 is 1.28 bits per heavy atom. The van der Waals surface area contributed by atoms with E-state index in [1.54, 1.807) is 17.0 Å². The third-order valence-corrected chi connectivity index (χ3v) is 4.82. The summed E-state index contributed by atoms with van der Waals surface area (Å²) in [6.45, 7) is 7.75. The minimum absolute atomic E-state index is 0.0434. The van der Waals surface area contributed by atoms with Crippen molar-refractivity contribution in [3.8, 4) is 5.75 Å². The minimum Gasteiger partial charge on any atom is -0.494 e. The van der Waals surface area contributed by atoms with Crippen LogP contribution in [0.4, 0.5) is 5.69 Å². The summed E-state index contributed by atoms with van der Waals surface area (Å²) in [5, 5.41) is 3.14. The third kappa shape index (κ3) is 5.22. The van der Waals surface area contributed by atoms with Crippen LogP contribution in [0.25, 0.3) is 0 Å². The highest BCUT2D eigenvalue weighted by molar-refractivity contribution is 8.15. The van der Waals surface area contributed by atoms with E-state index in [1.807, 2.05) is 32.9 Å². The van der Waals surface area contributed by atoms with E-state index >= 15 is 0 Å². The molecule has 1 heterocycles. The van der Waals surface area contributed by atoms with Crippen LogP contribution in [-0.4, -0.2) is 46.8 Å². The summed E-state index contributed by atoms with van der Waals surface area (Å²) in [6.07, 6.45) is 1.08. The number of nitrogens with zero attached hydrogens (tertiary/aromatic N) is 2. The maximum absolute atomic E-state index is 12.4. The first-order valence-electron chi connectivity index (χ1n) is 8.64. The van der Waals surface area contributed by atoms with Gasteiger partial charge in [-0.2, -0.15) is 0 Å². The Morgan fingerprint density at radius 3 is 2.60 bits per heavy atom. The maximum atomic E-state index is 12.4. The Hall–Kier alpha value is -2.02. The molecule has 1 aromatic carbocycles. The zero-order valence-electron chi connectivity index (χ0n) is 14.9. The zero-order valence-corrected chi connectivity index (χ0v) is 15.8. The Labute approximate surface area is 153 Å². The first-order chi connectivity index (χ1) is 12.1. The number of hydrogen-bond acceptors (Lipinski definition) is 5. The first-order valence-corrected chi connectivity index (χ1v) is 9.52. The summed E-state index contributed by atoms with van der Waals surface area (Å²) in [5.74, 6) is 0.556. The van der Waals surface area contributed by atoms with Crippen molar-refractivity contribution in [3.05, 3.63) is 24.3 Å². The average molecular weight is 363 g/mol. The summed E-state index contributed by atoms with van der Waals surface area (Å²) < 4.78 is 5.52. The number of ether oxygens (including phenoxy) is 1. The third-order valence-electron chi connectivity index (χ3n) is 3.61. The van der Waals surface area contributed by atoms with Gasteiger partial charge in [-0.05, 0) is 44.5 Å². The molecule has 1 fully saturated rings. The second-order valence-corrected chi connectivity index (χ2v) is 6.74. The molecule has 0 saturated carbocycles. The number of nitrogens with one attached hydrogen (secondary N) is 1. The maximum Gasteiger partial charge on any atom is 0.242 e. The largest absolute Gasteiger partial charge is 0.494 e. The van der Waals surface area contributed by atoms with Crippen LogP contribution in [0, 0.1) is 0 Å². The van der Waals surface area contributed by atoms with E-state index in [0.29, 0.717) is 30.6 Å². The average Bonchev–Trinajstić information content (AvgIpc) is 2.89. The monoisotopic (exact) mass is 363 g/mol. The van der Waals surface area contributed by atoms with Gasteiger partial charge in [-0.3, -0.25) is 19.5 Å². The van der Waals surface area contributed by atoms with Gasteiger partial charge in [0.05, 0.1) is 6.61 Å². The van der Waals surface area contributed by atoms with Crippen molar-refractivity contribution in [2.45, 2.75) is 38.9 Å². The molecule has 1 saturated heterocycles. The van der Waals surface area contributed by atoms with Gasteiger partial charge in [-0.25, -0.2) is 0 Å². The number of carbonyl (C=O) groups is 2. The topological polar surface area (TPSA) is 71.0 Å². The normalized spacial score (nSPS) is 18.7. The number of benzene rings is 1. The van der Waals surface area contributed by atoms with Crippen molar-refractivity contribution < 1.29 is 14.3 Å². The van der Waals surface area contributed by atoms with Crippen LogP contribution in [0.1, 0.15) is 33.6 Å². The van der Waals surface area contributed by atoms with Crippen LogP contribution >= 0.6 is 11.8 Å². The number of amidine groups is 1. The van der Waals surface area contributed by atoms with Crippen molar-refractivity contribution in [1.82, 2.24) is 4.90 Å².